The number of hydrogen-bond donors (Lipinski definition) is 2. The molecule has 0 unspecified atom stereocenters. The van der Waals surface area contributed by atoms with Crippen LogP contribution in [-0.2, 0) is 23.1 Å². The van der Waals surface area contributed by atoms with Gasteiger partial charge >= 0.3 is 0 Å². The zero-order valence-electron chi connectivity index (χ0n) is 17.1. The second kappa shape index (κ2) is 10.4. The minimum atomic E-state index is -3.68. The summed E-state index contributed by atoms with van der Waals surface area (Å²) in [5.74, 6) is 1.25. The molecule has 0 spiro atoms. The number of sulfonamides is 1. The lowest BCUT2D eigenvalue weighted by Crippen LogP contribution is -2.24. The Morgan fingerprint density at radius 2 is 1.68 bits per heavy atom. The van der Waals surface area contributed by atoms with Gasteiger partial charge in [-0.25, -0.2) is 13.6 Å². The molecule has 0 bridgehead atoms. The van der Waals surface area contributed by atoms with E-state index >= 15 is 0 Å². The summed E-state index contributed by atoms with van der Waals surface area (Å²) in [6.07, 6.45) is 0.681. The molecular weight excluding hydrogens is 432 g/mol. The molecule has 0 heterocycles. The van der Waals surface area contributed by atoms with Gasteiger partial charge in [-0.1, -0.05) is 54.7 Å². The molecule has 3 rings (SSSR count). The van der Waals surface area contributed by atoms with E-state index in [1.165, 1.54) is 12.1 Å². The van der Waals surface area contributed by atoms with Crippen LogP contribution in [0, 0.1) is 0 Å². The van der Waals surface area contributed by atoms with Crippen molar-refractivity contribution in [1.82, 2.24) is 5.32 Å². The van der Waals surface area contributed by atoms with Crippen molar-refractivity contribution in [3.05, 3.63) is 89.5 Å². The zero-order chi connectivity index (χ0) is 22.3. The third-order valence-electron chi connectivity index (χ3n) is 4.61. The van der Waals surface area contributed by atoms with Crippen LogP contribution in [0.4, 0.5) is 0 Å². The fourth-order valence-electron chi connectivity index (χ4n) is 2.93. The summed E-state index contributed by atoms with van der Waals surface area (Å²) in [5.41, 5.74) is 2.87. The van der Waals surface area contributed by atoms with Crippen molar-refractivity contribution in [3.63, 3.8) is 0 Å². The SMILES string of the molecule is COc1cc(C(=S)NCCc2ccc(S(N)(=O)=O)cc2)ccc1OCc1ccccc1. The molecule has 0 atom stereocenters. The Balaban J connectivity index is 1.56. The van der Waals surface area contributed by atoms with Gasteiger partial charge in [-0.3, -0.25) is 0 Å². The number of benzene rings is 3. The summed E-state index contributed by atoms with van der Waals surface area (Å²) < 4.78 is 34.0. The summed E-state index contributed by atoms with van der Waals surface area (Å²) in [5, 5.41) is 8.33. The van der Waals surface area contributed by atoms with Crippen LogP contribution in [0.3, 0.4) is 0 Å². The van der Waals surface area contributed by atoms with Gasteiger partial charge in [0.05, 0.1) is 12.0 Å². The maximum Gasteiger partial charge on any atom is 0.238 e. The van der Waals surface area contributed by atoms with Gasteiger partial charge in [-0.2, -0.15) is 0 Å². The largest absolute Gasteiger partial charge is 0.493 e. The number of hydrogen-bond acceptors (Lipinski definition) is 5. The summed E-state index contributed by atoms with van der Waals surface area (Å²) in [6.45, 7) is 1.05. The predicted octanol–water partition coefficient (Wildman–Crippen LogP) is 3.43. The number of rotatable bonds is 9. The van der Waals surface area contributed by atoms with Crippen molar-refractivity contribution in [3.8, 4) is 11.5 Å². The number of thiocarbonyl (C=S) groups is 1. The standard InChI is InChI=1S/C23H24N2O4S2/c1-28-22-15-19(9-12-21(22)29-16-18-5-3-2-4-6-18)23(30)25-14-13-17-7-10-20(11-8-17)31(24,26)27/h2-12,15H,13-14,16H2,1H3,(H,25,30)(H2,24,26,27). The topological polar surface area (TPSA) is 90.6 Å². The van der Waals surface area contributed by atoms with Crippen LogP contribution in [0.5, 0.6) is 11.5 Å². The molecule has 0 radical (unpaired) electrons. The molecule has 6 nitrogen and oxygen atoms in total. The van der Waals surface area contributed by atoms with Gasteiger partial charge in [-0.15, -0.1) is 0 Å². The van der Waals surface area contributed by atoms with Crippen molar-refractivity contribution in [2.45, 2.75) is 17.9 Å². The first-order chi connectivity index (χ1) is 14.9. The first kappa shape index (κ1) is 22.7. The van der Waals surface area contributed by atoms with Crippen molar-refractivity contribution in [1.29, 1.82) is 0 Å². The van der Waals surface area contributed by atoms with E-state index in [1.807, 2.05) is 48.5 Å². The van der Waals surface area contributed by atoms with Crippen molar-refractivity contribution in [2.75, 3.05) is 13.7 Å². The van der Waals surface area contributed by atoms with Gasteiger partial charge in [0.2, 0.25) is 10.0 Å². The van der Waals surface area contributed by atoms with E-state index in [1.54, 1.807) is 19.2 Å². The molecule has 0 aliphatic heterocycles. The van der Waals surface area contributed by atoms with Crippen LogP contribution in [0.25, 0.3) is 0 Å². The van der Waals surface area contributed by atoms with Crippen LogP contribution in [0.15, 0.2) is 77.7 Å². The second-order valence-corrected chi connectivity index (χ2v) is 8.80. The molecule has 8 heteroatoms. The molecule has 0 aliphatic carbocycles. The third-order valence-corrected chi connectivity index (χ3v) is 5.92. The fourth-order valence-corrected chi connectivity index (χ4v) is 3.68. The van der Waals surface area contributed by atoms with Crippen LogP contribution in [-0.4, -0.2) is 27.1 Å². The van der Waals surface area contributed by atoms with Crippen LogP contribution < -0.4 is 19.9 Å². The molecule has 0 aromatic heterocycles. The number of ether oxygens (including phenoxy) is 2. The van der Waals surface area contributed by atoms with E-state index in [4.69, 9.17) is 26.8 Å². The first-order valence-corrected chi connectivity index (χ1v) is 11.6. The van der Waals surface area contributed by atoms with Crippen molar-refractivity contribution in [2.24, 2.45) is 5.14 Å². The smallest absolute Gasteiger partial charge is 0.238 e. The Bertz CT molecular complexity index is 1130. The lowest BCUT2D eigenvalue weighted by molar-refractivity contribution is 0.284. The van der Waals surface area contributed by atoms with Crippen molar-refractivity contribution >= 4 is 27.2 Å². The monoisotopic (exact) mass is 456 g/mol. The lowest BCUT2D eigenvalue weighted by Gasteiger charge is -2.14. The first-order valence-electron chi connectivity index (χ1n) is 9.61. The minimum absolute atomic E-state index is 0.0985. The normalized spacial score (nSPS) is 11.0. The lowest BCUT2D eigenvalue weighted by atomic mass is 10.1. The van der Waals surface area contributed by atoms with Crippen LogP contribution in [0.1, 0.15) is 16.7 Å². The maximum atomic E-state index is 11.3. The molecule has 0 fully saturated rings. The highest BCUT2D eigenvalue weighted by Crippen LogP contribution is 2.29. The second-order valence-electron chi connectivity index (χ2n) is 6.83. The van der Waals surface area contributed by atoms with Gasteiger partial charge in [-0.05, 0) is 47.9 Å². The van der Waals surface area contributed by atoms with Gasteiger partial charge in [0.15, 0.2) is 11.5 Å². The number of nitrogens with two attached hydrogens (primary N) is 1. The Morgan fingerprint density at radius 3 is 2.32 bits per heavy atom. The molecular formula is C23H24N2O4S2. The molecule has 3 aromatic rings. The predicted molar refractivity (Wildman–Crippen MR) is 125 cm³/mol. The molecule has 162 valence electrons. The molecule has 0 amide bonds. The molecule has 0 saturated heterocycles. The van der Waals surface area contributed by atoms with E-state index < -0.39 is 10.0 Å². The van der Waals surface area contributed by atoms with Gasteiger partial charge < -0.3 is 14.8 Å². The quantitative estimate of drug-likeness (QED) is 0.480. The van der Waals surface area contributed by atoms with E-state index in [0.29, 0.717) is 36.1 Å². The Hall–Kier alpha value is -2.94. The van der Waals surface area contributed by atoms with E-state index in [2.05, 4.69) is 5.32 Å². The maximum absolute atomic E-state index is 11.3. The fraction of sp³-hybridized carbons (Fsp3) is 0.174. The Kier molecular flexibility index (Phi) is 7.62. The van der Waals surface area contributed by atoms with Gasteiger partial charge in [0, 0.05) is 12.1 Å². The summed E-state index contributed by atoms with van der Waals surface area (Å²) in [6, 6.07) is 22.0. The summed E-state index contributed by atoms with van der Waals surface area (Å²) in [7, 11) is -2.08. The third kappa shape index (κ3) is 6.52. The molecule has 31 heavy (non-hydrogen) atoms. The van der Waals surface area contributed by atoms with E-state index in [0.717, 1.165) is 16.7 Å². The number of primary sulfonamides is 1. The average molecular weight is 457 g/mol. The summed E-state index contributed by atoms with van der Waals surface area (Å²) in [4.78, 5) is 0.690. The van der Waals surface area contributed by atoms with Crippen molar-refractivity contribution < 1.29 is 17.9 Å². The number of nitrogens with one attached hydrogen (secondary N) is 1. The van der Waals surface area contributed by atoms with E-state index in [-0.39, 0.29) is 4.90 Å². The molecule has 0 aliphatic rings. The van der Waals surface area contributed by atoms with Gasteiger partial charge in [0.25, 0.3) is 0 Å². The molecule has 3 N–H and O–H groups in total. The summed E-state index contributed by atoms with van der Waals surface area (Å²) >= 11 is 5.49. The van der Waals surface area contributed by atoms with Crippen LogP contribution >= 0.6 is 12.2 Å². The Labute approximate surface area is 188 Å². The molecule has 0 saturated carbocycles. The zero-order valence-corrected chi connectivity index (χ0v) is 18.7. The Morgan fingerprint density at radius 1 is 0.968 bits per heavy atom. The van der Waals surface area contributed by atoms with Crippen LogP contribution in [0.2, 0.25) is 0 Å². The number of methoxy groups -OCH3 is 1. The minimum Gasteiger partial charge on any atom is -0.493 e. The highest BCUT2D eigenvalue weighted by Gasteiger charge is 2.10. The molecule has 3 aromatic carbocycles. The highest BCUT2D eigenvalue weighted by molar-refractivity contribution is 7.89. The van der Waals surface area contributed by atoms with Gasteiger partial charge in [0.1, 0.15) is 11.6 Å². The highest BCUT2D eigenvalue weighted by atomic mass is 32.2. The van der Waals surface area contributed by atoms with E-state index in [9.17, 15) is 8.42 Å². The average Bonchev–Trinajstić information content (AvgIpc) is 2.78.